The molecule has 1 aliphatic rings. The van der Waals surface area contributed by atoms with E-state index in [2.05, 4.69) is 31.4 Å². The van der Waals surface area contributed by atoms with E-state index in [9.17, 15) is 10.1 Å². The summed E-state index contributed by atoms with van der Waals surface area (Å²) in [7, 11) is 0. The van der Waals surface area contributed by atoms with Gasteiger partial charge in [0.2, 0.25) is 5.91 Å². The molecule has 7 heteroatoms. The minimum absolute atomic E-state index is 0.0598. The highest BCUT2D eigenvalue weighted by Crippen LogP contribution is 2.22. The van der Waals surface area contributed by atoms with Crippen molar-refractivity contribution in [3.05, 3.63) is 16.8 Å². The van der Waals surface area contributed by atoms with E-state index in [1.165, 1.54) is 0 Å². The van der Waals surface area contributed by atoms with Gasteiger partial charge in [-0.3, -0.25) is 9.69 Å². The highest BCUT2D eigenvalue weighted by atomic mass is 16.2. The highest BCUT2D eigenvalue weighted by molar-refractivity contribution is 5.77. The summed E-state index contributed by atoms with van der Waals surface area (Å²) in [5.74, 6) is 0.722. The van der Waals surface area contributed by atoms with Gasteiger partial charge in [0, 0.05) is 32.7 Å². The van der Waals surface area contributed by atoms with Gasteiger partial charge >= 0.3 is 0 Å². The minimum Gasteiger partial charge on any atom is -0.355 e. The van der Waals surface area contributed by atoms with E-state index < -0.39 is 0 Å². The molecule has 0 aliphatic carbocycles. The van der Waals surface area contributed by atoms with Crippen LogP contribution in [0, 0.1) is 25.2 Å². The number of hydrogen-bond donors (Lipinski definition) is 1. The third-order valence-electron chi connectivity index (χ3n) is 4.18. The Morgan fingerprint density at radius 2 is 2.04 bits per heavy atom. The average molecular weight is 316 g/mol. The fourth-order valence-electron chi connectivity index (χ4n) is 2.75. The van der Waals surface area contributed by atoms with Crippen LogP contribution in [0.25, 0.3) is 0 Å². The topological polar surface area (TPSA) is 85.2 Å². The van der Waals surface area contributed by atoms with Crippen LogP contribution in [-0.2, 0) is 4.79 Å². The minimum atomic E-state index is 0.0598. The summed E-state index contributed by atoms with van der Waals surface area (Å²) in [6, 6.07) is 2.26. The predicted molar refractivity (Wildman–Crippen MR) is 88.2 cm³/mol. The average Bonchev–Trinajstić information content (AvgIpc) is 2.75. The van der Waals surface area contributed by atoms with Crippen molar-refractivity contribution in [3.63, 3.8) is 0 Å². The lowest BCUT2D eigenvalue weighted by molar-refractivity contribution is -0.122. The first-order valence-electron chi connectivity index (χ1n) is 8.04. The van der Waals surface area contributed by atoms with Crippen molar-refractivity contribution in [2.45, 2.75) is 27.2 Å². The number of carbonyl (C=O) groups is 1. The van der Waals surface area contributed by atoms with Gasteiger partial charge in [0.05, 0.1) is 12.2 Å². The van der Waals surface area contributed by atoms with Crippen LogP contribution in [0.3, 0.4) is 0 Å². The Hall–Kier alpha value is -2.20. The van der Waals surface area contributed by atoms with Crippen LogP contribution >= 0.6 is 0 Å². The van der Waals surface area contributed by atoms with Crippen molar-refractivity contribution in [2.24, 2.45) is 0 Å². The Balaban J connectivity index is 2.08. The maximum atomic E-state index is 11.7. The van der Waals surface area contributed by atoms with Gasteiger partial charge in [-0.25, -0.2) is 0 Å². The molecular formula is C16H24N6O. The van der Waals surface area contributed by atoms with Crippen molar-refractivity contribution < 1.29 is 4.79 Å². The van der Waals surface area contributed by atoms with Gasteiger partial charge in [-0.15, -0.1) is 5.10 Å². The summed E-state index contributed by atoms with van der Waals surface area (Å²) < 4.78 is 0. The molecule has 0 spiro atoms. The van der Waals surface area contributed by atoms with Crippen molar-refractivity contribution in [3.8, 4) is 6.07 Å². The van der Waals surface area contributed by atoms with Crippen molar-refractivity contribution in [1.29, 1.82) is 5.26 Å². The summed E-state index contributed by atoms with van der Waals surface area (Å²) in [5.41, 5.74) is 2.29. The lowest BCUT2D eigenvalue weighted by atomic mass is 10.1. The first kappa shape index (κ1) is 17.2. The van der Waals surface area contributed by atoms with E-state index in [1.807, 2.05) is 20.8 Å². The van der Waals surface area contributed by atoms with Crippen LogP contribution in [0.5, 0.6) is 0 Å². The number of nitriles is 1. The van der Waals surface area contributed by atoms with Crippen LogP contribution < -0.4 is 10.2 Å². The monoisotopic (exact) mass is 316 g/mol. The first-order chi connectivity index (χ1) is 11.1. The number of hydrogen-bond acceptors (Lipinski definition) is 6. The van der Waals surface area contributed by atoms with Gasteiger partial charge in [-0.2, -0.15) is 10.4 Å². The van der Waals surface area contributed by atoms with E-state index in [4.69, 9.17) is 0 Å². The van der Waals surface area contributed by atoms with Crippen LogP contribution in [0.2, 0.25) is 0 Å². The fourth-order valence-corrected chi connectivity index (χ4v) is 2.75. The molecule has 2 rings (SSSR count). The molecule has 1 aromatic rings. The fraction of sp³-hybridized carbons (Fsp3) is 0.625. The Bertz CT molecular complexity index is 609. The van der Waals surface area contributed by atoms with Gasteiger partial charge in [0.15, 0.2) is 5.82 Å². The number of amides is 1. The van der Waals surface area contributed by atoms with Gasteiger partial charge < -0.3 is 10.2 Å². The second-order valence-electron chi connectivity index (χ2n) is 5.79. The van der Waals surface area contributed by atoms with E-state index in [1.54, 1.807) is 0 Å². The maximum Gasteiger partial charge on any atom is 0.234 e. The molecular weight excluding hydrogens is 292 g/mol. The summed E-state index contributed by atoms with van der Waals surface area (Å²) in [5, 5.41) is 20.7. The molecule has 7 nitrogen and oxygen atoms in total. The number of rotatable bonds is 4. The quantitative estimate of drug-likeness (QED) is 0.876. The molecule has 124 valence electrons. The van der Waals surface area contributed by atoms with Crippen LogP contribution in [0.15, 0.2) is 0 Å². The van der Waals surface area contributed by atoms with Gasteiger partial charge in [0.1, 0.15) is 11.6 Å². The second kappa shape index (κ2) is 7.88. The van der Waals surface area contributed by atoms with Crippen molar-refractivity contribution in [1.82, 2.24) is 20.4 Å². The number of likely N-dealkylation sites (N-methyl/N-ethyl adjacent to an activating group) is 1. The van der Waals surface area contributed by atoms with Crippen LogP contribution in [0.4, 0.5) is 5.82 Å². The molecule has 1 fully saturated rings. The maximum absolute atomic E-state index is 11.7. The molecule has 0 saturated carbocycles. The number of aromatic nitrogens is 2. The van der Waals surface area contributed by atoms with E-state index in [0.29, 0.717) is 24.5 Å². The molecule has 1 amide bonds. The number of aryl methyl sites for hydroxylation is 1. The molecule has 0 radical (unpaired) electrons. The summed E-state index contributed by atoms with van der Waals surface area (Å²) in [6.07, 6.45) is 0.929. The molecule has 1 aromatic heterocycles. The zero-order chi connectivity index (χ0) is 16.8. The van der Waals surface area contributed by atoms with Crippen molar-refractivity contribution >= 4 is 11.7 Å². The second-order valence-corrected chi connectivity index (χ2v) is 5.79. The molecule has 0 atom stereocenters. The normalized spacial score (nSPS) is 15.8. The Morgan fingerprint density at radius 1 is 1.26 bits per heavy atom. The number of carbonyl (C=O) groups excluding carboxylic acids is 1. The SMILES string of the molecule is CCNC(=O)CN1CCCN(c2nnc(C)c(C)c2C#N)CC1. The van der Waals surface area contributed by atoms with E-state index in [-0.39, 0.29) is 5.91 Å². The van der Waals surface area contributed by atoms with Gasteiger partial charge in [0.25, 0.3) is 0 Å². The van der Waals surface area contributed by atoms with Gasteiger partial charge in [-0.1, -0.05) is 0 Å². The third kappa shape index (κ3) is 4.17. The lowest BCUT2D eigenvalue weighted by Crippen LogP contribution is -2.39. The Kier molecular flexibility index (Phi) is 5.88. The molecule has 0 unspecified atom stereocenters. The molecule has 23 heavy (non-hydrogen) atoms. The van der Waals surface area contributed by atoms with Crippen LogP contribution in [0.1, 0.15) is 30.2 Å². The molecule has 2 heterocycles. The number of nitrogens with one attached hydrogen (secondary N) is 1. The molecule has 0 aromatic carbocycles. The summed E-state index contributed by atoms with van der Waals surface area (Å²) in [4.78, 5) is 16.0. The Labute approximate surface area is 137 Å². The van der Waals surface area contributed by atoms with Crippen molar-refractivity contribution in [2.75, 3.05) is 44.2 Å². The largest absolute Gasteiger partial charge is 0.355 e. The number of anilines is 1. The number of nitrogens with zero attached hydrogens (tertiary/aromatic N) is 5. The molecule has 1 aliphatic heterocycles. The smallest absolute Gasteiger partial charge is 0.234 e. The lowest BCUT2D eigenvalue weighted by Gasteiger charge is -2.23. The molecule has 0 bridgehead atoms. The van der Waals surface area contributed by atoms with Gasteiger partial charge in [-0.05, 0) is 32.8 Å². The summed E-state index contributed by atoms with van der Waals surface area (Å²) >= 11 is 0. The first-order valence-corrected chi connectivity index (χ1v) is 8.04. The molecule has 1 saturated heterocycles. The van der Waals surface area contributed by atoms with E-state index in [0.717, 1.165) is 43.9 Å². The highest BCUT2D eigenvalue weighted by Gasteiger charge is 2.21. The zero-order valence-electron chi connectivity index (χ0n) is 14.1. The predicted octanol–water partition coefficient (Wildman–Crippen LogP) is 0.613. The third-order valence-corrected chi connectivity index (χ3v) is 4.18. The van der Waals surface area contributed by atoms with E-state index >= 15 is 0 Å². The summed E-state index contributed by atoms with van der Waals surface area (Å²) in [6.45, 7) is 9.97. The molecule has 1 N–H and O–H groups in total. The Morgan fingerprint density at radius 3 is 2.74 bits per heavy atom. The zero-order valence-corrected chi connectivity index (χ0v) is 14.1. The van der Waals surface area contributed by atoms with Crippen LogP contribution in [-0.4, -0.2) is 60.3 Å². The standard InChI is InChI=1S/C16H24N6O/c1-4-18-15(23)11-21-6-5-7-22(9-8-21)16-14(10-17)12(2)13(3)19-20-16/h4-9,11H2,1-3H3,(H,18,23).